The third-order valence-corrected chi connectivity index (χ3v) is 3.97. The Morgan fingerprint density at radius 2 is 1.85 bits per heavy atom. The van der Waals surface area contributed by atoms with Crippen LogP contribution in [0.2, 0.25) is 0 Å². The second kappa shape index (κ2) is 7.03. The molecule has 0 radical (unpaired) electrons. The smallest absolute Gasteiger partial charge is 0.249 e. The van der Waals surface area contributed by atoms with Crippen LogP contribution in [0.3, 0.4) is 0 Å². The second-order valence-electron chi connectivity index (χ2n) is 5.77. The van der Waals surface area contributed by atoms with Gasteiger partial charge in [-0.25, -0.2) is 9.97 Å². The summed E-state index contributed by atoms with van der Waals surface area (Å²) in [7, 11) is 0. The first-order valence-corrected chi connectivity index (χ1v) is 8.21. The van der Waals surface area contributed by atoms with E-state index in [1.807, 2.05) is 65.4 Å². The number of imidazole rings is 1. The number of para-hydroxylation sites is 1. The molecular weight excluding hydrogens is 324 g/mol. The Labute approximate surface area is 150 Å². The number of amides is 1. The minimum Gasteiger partial charge on any atom is -0.307 e. The Morgan fingerprint density at radius 1 is 1.00 bits per heavy atom. The standard InChI is InChI=1S/C21H16N4O/c26-21(24-20-11-8-17-3-1-2-4-19(17)23-20)12-7-16-5-9-18(10-6-16)25-14-13-22-15-25/h1-15H,(H,23,24,26). The zero-order valence-corrected chi connectivity index (χ0v) is 13.9. The molecule has 0 spiro atoms. The molecular formula is C21H16N4O. The maximum absolute atomic E-state index is 12.1. The average Bonchev–Trinajstić information content (AvgIpc) is 3.21. The lowest BCUT2D eigenvalue weighted by Crippen LogP contribution is -2.09. The second-order valence-corrected chi connectivity index (χ2v) is 5.77. The van der Waals surface area contributed by atoms with Gasteiger partial charge in [-0.1, -0.05) is 30.3 Å². The molecule has 4 aromatic rings. The molecule has 0 saturated carbocycles. The van der Waals surface area contributed by atoms with Crippen LogP contribution in [0.4, 0.5) is 5.82 Å². The van der Waals surface area contributed by atoms with Gasteiger partial charge in [0, 0.05) is 29.5 Å². The molecule has 2 aromatic heterocycles. The zero-order chi connectivity index (χ0) is 17.8. The van der Waals surface area contributed by atoms with Crippen LogP contribution in [-0.2, 0) is 4.79 Å². The van der Waals surface area contributed by atoms with Gasteiger partial charge in [-0.15, -0.1) is 0 Å². The van der Waals surface area contributed by atoms with Crippen molar-refractivity contribution in [2.45, 2.75) is 0 Å². The molecule has 5 heteroatoms. The van der Waals surface area contributed by atoms with Crippen molar-refractivity contribution in [1.82, 2.24) is 14.5 Å². The van der Waals surface area contributed by atoms with E-state index < -0.39 is 0 Å². The third-order valence-electron chi connectivity index (χ3n) is 3.97. The van der Waals surface area contributed by atoms with Crippen molar-refractivity contribution in [3.63, 3.8) is 0 Å². The summed E-state index contributed by atoms with van der Waals surface area (Å²) in [4.78, 5) is 20.6. The molecule has 5 nitrogen and oxygen atoms in total. The van der Waals surface area contributed by atoms with E-state index in [9.17, 15) is 4.79 Å². The van der Waals surface area contributed by atoms with E-state index in [-0.39, 0.29) is 5.91 Å². The molecule has 0 bridgehead atoms. The number of pyridine rings is 1. The predicted molar refractivity (Wildman–Crippen MR) is 103 cm³/mol. The first-order chi connectivity index (χ1) is 12.8. The molecule has 126 valence electrons. The molecule has 4 rings (SSSR count). The number of rotatable bonds is 4. The highest BCUT2D eigenvalue weighted by Gasteiger charge is 2.01. The van der Waals surface area contributed by atoms with Crippen molar-refractivity contribution >= 4 is 28.7 Å². The number of fused-ring (bicyclic) bond motifs is 1. The summed E-state index contributed by atoms with van der Waals surface area (Å²) < 4.78 is 1.92. The van der Waals surface area contributed by atoms with Gasteiger partial charge < -0.3 is 9.88 Å². The number of carbonyl (C=O) groups is 1. The zero-order valence-electron chi connectivity index (χ0n) is 13.9. The summed E-state index contributed by atoms with van der Waals surface area (Å²) in [5.41, 5.74) is 2.81. The van der Waals surface area contributed by atoms with Gasteiger partial charge >= 0.3 is 0 Å². The molecule has 1 N–H and O–H groups in total. The van der Waals surface area contributed by atoms with Crippen molar-refractivity contribution in [1.29, 1.82) is 0 Å². The van der Waals surface area contributed by atoms with E-state index in [2.05, 4.69) is 15.3 Å². The number of carbonyl (C=O) groups excluding carboxylic acids is 1. The molecule has 0 unspecified atom stereocenters. The SMILES string of the molecule is O=C(C=Cc1ccc(-n2ccnc2)cc1)Nc1ccc2ccccc2n1. The van der Waals surface area contributed by atoms with Crippen LogP contribution < -0.4 is 5.32 Å². The summed E-state index contributed by atoms with van der Waals surface area (Å²) in [6.07, 6.45) is 8.64. The Bertz CT molecular complexity index is 1070. The van der Waals surface area contributed by atoms with Crippen molar-refractivity contribution in [2.75, 3.05) is 5.32 Å². The maximum Gasteiger partial charge on any atom is 0.249 e. The quantitative estimate of drug-likeness (QED) is 0.570. The van der Waals surface area contributed by atoms with Crippen LogP contribution in [0, 0.1) is 0 Å². The van der Waals surface area contributed by atoms with Gasteiger partial charge in [0.2, 0.25) is 5.91 Å². The van der Waals surface area contributed by atoms with Gasteiger partial charge in [-0.2, -0.15) is 0 Å². The highest BCUT2D eigenvalue weighted by atomic mass is 16.1. The van der Waals surface area contributed by atoms with Crippen LogP contribution in [0.1, 0.15) is 5.56 Å². The number of hydrogen-bond acceptors (Lipinski definition) is 3. The van der Waals surface area contributed by atoms with Crippen molar-refractivity contribution in [3.05, 3.63) is 91.0 Å². The van der Waals surface area contributed by atoms with Crippen LogP contribution in [-0.4, -0.2) is 20.4 Å². The molecule has 2 heterocycles. The molecule has 2 aromatic carbocycles. The fourth-order valence-electron chi connectivity index (χ4n) is 2.64. The van der Waals surface area contributed by atoms with Crippen molar-refractivity contribution in [2.24, 2.45) is 0 Å². The van der Waals surface area contributed by atoms with Gasteiger partial charge in [0.05, 0.1) is 11.8 Å². The molecule has 0 aliphatic heterocycles. The van der Waals surface area contributed by atoms with Crippen LogP contribution in [0.15, 0.2) is 85.5 Å². The molecule has 0 aliphatic carbocycles. The minimum absolute atomic E-state index is 0.216. The van der Waals surface area contributed by atoms with Crippen molar-refractivity contribution < 1.29 is 4.79 Å². The lowest BCUT2D eigenvalue weighted by atomic mass is 10.2. The van der Waals surface area contributed by atoms with Gasteiger partial charge in [0.15, 0.2) is 0 Å². The Hall–Kier alpha value is -3.73. The number of anilines is 1. The fraction of sp³-hybridized carbons (Fsp3) is 0. The van der Waals surface area contributed by atoms with Gasteiger partial charge in [-0.05, 0) is 42.0 Å². The van der Waals surface area contributed by atoms with Gasteiger partial charge in [-0.3, -0.25) is 4.79 Å². The molecule has 0 aliphatic rings. The van der Waals surface area contributed by atoms with Gasteiger partial charge in [0.1, 0.15) is 5.82 Å². The topological polar surface area (TPSA) is 59.8 Å². The first kappa shape index (κ1) is 15.8. The number of benzene rings is 2. The van der Waals surface area contributed by atoms with Crippen LogP contribution >= 0.6 is 0 Å². The highest BCUT2D eigenvalue weighted by molar-refractivity contribution is 6.01. The average molecular weight is 340 g/mol. The Kier molecular flexibility index (Phi) is 4.26. The largest absolute Gasteiger partial charge is 0.307 e. The molecule has 0 saturated heterocycles. The highest BCUT2D eigenvalue weighted by Crippen LogP contribution is 2.15. The predicted octanol–water partition coefficient (Wildman–Crippen LogP) is 4.07. The lowest BCUT2D eigenvalue weighted by Gasteiger charge is -2.04. The van der Waals surface area contributed by atoms with E-state index in [0.717, 1.165) is 22.2 Å². The summed E-state index contributed by atoms with van der Waals surface area (Å²) >= 11 is 0. The number of hydrogen-bond donors (Lipinski definition) is 1. The van der Waals surface area contributed by atoms with Crippen LogP contribution in [0.5, 0.6) is 0 Å². The molecule has 1 amide bonds. The van der Waals surface area contributed by atoms with E-state index in [0.29, 0.717) is 5.82 Å². The number of nitrogens with one attached hydrogen (secondary N) is 1. The summed E-state index contributed by atoms with van der Waals surface area (Å²) in [5, 5.41) is 3.83. The molecule has 26 heavy (non-hydrogen) atoms. The first-order valence-electron chi connectivity index (χ1n) is 8.21. The molecule has 0 atom stereocenters. The summed E-state index contributed by atoms with van der Waals surface area (Å²) in [6, 6.07) is 19.4. The Morgan fingerprint density at radius 3 is 2.65 bits per heavy atom. The summed E-state index contributed by atoms with van der Waals surface area (Å²) in [5.74, 6) is 0.320. The van der Waals surface area contributed by atoms with E-state index >= 15 is 0 Å². The third kappa shape index (κ3) is 3.52. The lowest BCUT2D eigenvalue weighted by molar-refractivity contribution is -0.111. The fourth-order valence-corrected chi connectivity index (χ4v) is 2.64. The van der Waals surface area contributed by atoms with E-state index in [4.69, 9.17) is 0 Å². The monoisotopic (exact) mass is 340 g/mol. The minimum atomic E-state index is -0.216. The van der Waals surface area contributed by atoms with Gasteiger partial charge in [0.25, 0.3) is 0 Å². The Balaban J connectivity index is 1.43. The molecule has 0 fully saturated rings. The van der Waals surface area contributed by atoms with E-state index in [1.165, 1.54) is 6.08 Å². The van der Waals surface area contributed by atoms with Crippen LogP contribution in [0.25, 0.3) is 22.7 Å². The normalized spacial score (nSPS) is 11.1. The maximum atomic E-state index is 12.1. The summed E-state index contributed by atoms with van der Waals surface area (Å²) in [6.45, 7) is 0. The number of aromatic nitrogens is 3. The van der Waals surface area contributed by atoms with Crippen molar-refractivity contribution in [3.8, 4) is 5.69 Å². The number of nitrogens with zero attached hydrogens (tertiary/aromatic N) is 3. The van der Waals surface area contributed by atoms with E-state index in [1.54, 1.807) is 24.7 Å².